The smallest absolute Gasteiger partial charge is 0.251 e. The van der Waals surface area contributed by atoms with Crippen LogP contribution in [-0.2, 0) is 0 Å². The van der Waals surface area contributed by atoms with Crippen molar-refractivity contribution in [1.29, 1.82) is 0 Å². The Bertz CT molecular complexity index is 387. The van der Waals surface area contributed by atoms with Gasteiger partial charge in [0.05, 0.1) is 12.6 Å². The third kappa shape index (κ3) is 3.91. The topological polar surface area (TPSA) is 75.3 Å². The Morgan fingerprint density at radius 2 is 2.12 bits per heavy atom. The van der Waals surface area contributed by atoms with Gasteiger partial charge in [-0.25, -0.2) is 0 Å². The summed E-state index contributed by atoms with van der Waals surface area (Å²) in [6.45, 7) is 3.75. The quantitative estimate of drug-likeness (QED) is 0.718. The Kier molecular flexibility index (Phi) is 4.78. The zero-order valence-electron chi connectivity index (χ0n) is 9.90. The number of carbonyl (C=O) groups is 1. The minimum Gasteiger partial charge on any atom is -0.399 e. The first-order valence-corrected chi connectivity index (χ1v) is 5.79. The number of benzene rings is 1. The molecule has 94 valence electrons. The van der Waals surface area contributed by atoms with Crippen LogP contribution in [0.4, 0.5) is 5.69 Å². The van der Waals surface area contributed by atoms with Crippen molar-refractivity contribution in [3.63, 3.8) is 0 Å². The van der Waals surface area contributed by atoms with E-state index in [1.807, 2.05) is 13.8 Å². The van der Waals surface area contributed by atoms with Crippen LogP contribution in [0.1, 0.15) is 24.2 Å². The largest absolute Gasteiger partial charge is 0.399 e. The molecular formula is C12H17ClN2O2. The van der Waals surface area contributed by atoms with Crippen molar-refractivity contribution >= 4 is 23.2 Å². The molecule has 1 amide bonds. The van der Waals surface area contributed by atoms with Gasteiger partial charge in [0.15, 0.2) is 0 Å². The fourth-order valence-corrected chi connectivity index (χ4v) is 1.66. The van der Waals surface area contributed by atoms with E-state index in [0.29, 0.717) is 16.3 Å². The molecule has 17 heavy (non-hydrogen) atoms. The number of nitrogen functional groups attached to an aromatic ring is 1. The second-order valence-corrected chi connectivity index (χ2v) is 4.72. The highest BCUT2D eigenvalue weighted by Crippen LogP contribution is 2.16. The number of hydrogen-bond donors (Lipinski definition) is 3. The molecule has 1 atom stereocenters. The summed E-state index contributed by atoms with van der Waals surface area (Å²) < 4.78 is 0. The molecule has 0 saturated heterocycles. The fourth-order valence-electron chi connectivity index (χ4n) is 1.42. The average molecular weight is 257 g/mol. The van der Waals surface area contributed by atoms with E-state index in [1.54, 1.807) is 18.2 Å². The van der Waals surface area contributed by atoms with E-state index >= 15 is 0 Å². The Balaban J connectivity index is 2.82. The van der Waals surface area contributed by atoms with Crippen LogP contribution in [0.3, 0.4) is 0 Å². The highest BCUT2D eigenvalue weighted by molar-refractivity contribution is 6.31. The standard InChI is InChI=1S/C12H17ClN2O2/c1-7(2)11(6-16)15-12(17)8-3-9(13)5-10(14)4-8/h3-5,7,11,16H,6,14H2,1-2H3,(H,15,17). The van der Waals surface area contributed by atoms with Crippen LogP contribution < -0.4 is 11.1 Å². The fraction of sp³-hybridized carbons (Fsp3) is 0.417. The lowest BCUT2D eigenvalue weighted by Crippen LogP contribution is -2.41. The van der Waals surface area contributed by atoms with E-state index in [2.05, 4.69) is 5.32 Å². The molecule has 0 fully saturated rings. The van der Waals surface area contributed by atoms with Crippen molar-refractivity contribution in [3.8, 4) is 0 Å². The molecule has 0 saturated carbocycles. The average Bonchev–Trinajstić information content (AvgIpc) is 2.23. The molecule has 4 N–H and O–H groups in total. The van der Waals surface area contributed by atoms with Gasteiger partial charge < -0.3 is 16.2 Å². The summed E-state index contributed by atoms with van der Waals surface area (Å²) in [4.78, 5) is 11.9. The van der Waals surface area contributed by atoms with Gasteiger partial charge in [0, 0.05) is 16.3 Å². The Morgan fingerprint density at radius 3 is 2.59 bits per heavy atom. The maximum Gasteiger partial charge on any atom is 0.251 e. The van der Waals surface area contributed by atoms with Crippen LogP contribution in [0.2, 0.25) is 5.02 Å². The minimum absolute atomic E-state index is 0.0978. The van der Waals surface area contributed by atoms with Crippen LogP contribution in [0.15, 0.2) is 18.2 Å². The molecule has 0 aromatic heterocycles. The SMILES string of the molecule is CC(C)C(CO)NC(=O)c1cc(N)cc(Cl)c1. The van der Waals surface area contributed by atoms with Crippen LogP contribution >= 0.6 is 11.6 Å². The maximum absolute atomic E-state index is 11.9. The van der Waals surface area contributed by atoms with E-state index in [4.69, 9.17) is 22.4 Å². The van der Waals surface area contributed by atoms with E-state index in [-0.39, 0.29) is 24.5 Å². The zero-order chi connectivity index (χ0) is 13.0. The van der Waals surface area contributed by atoms with E-state index in [9.17, 15) is 4.79 Å². The first-order valence-electron chi connectivity index (χ1n) is 5.42. The van der Waals surface area contributed by atoms with Crippen LogP contribution in [0.25, 0.3) is 0 Å². The lowest BCUT2D eigenvalue weighted by atomic mass is 10.0. The summed E-state index contributed by atoms with van der Waals surface area (Å²) in [7, 11) is 0. The summed E-state index contributed by atoms with van der Waals surface area (Å²) in [5.41, 5.74) is 6.44. The van der Waals surface area contributed by atoms with Gasteiger partial charge in [0.1, 0.15) is 0 Å². The highest BCUT2D eigenvalue weighted by Gasteiger charge is 2.16. The maximum atomic E-state index is 11.9. The van der Waals surface area contributed by atoms with E-state index in [1.165, 1.54) is 0 Å². The van der Waals surface area contributed by atoms with Gasteiger partial charge in [-0.3, -0.25) is 4.79 Å². The molecule has 4 nitrogen and oxygen atoms in total. The monoisotopic (exact) mass is 256 g/mol. The summed E-state index contributed by atoms with van der Waals surface area (Å²) in [6.07, 6.45) is 0. The molecule has 1 rings (SSSR count). The normalized spacial score (nSPS) is 12.5. The minimum atomic E-state index is -0.285. The molecule has 0 aliphatic carbocycles. The number of carbonyl (C=O) groups excluding carboxylic acids is 1. The number of halogens is 1. The van der Waals surface area contributed by atoms with Crippen molar-refractivity contribution in [1.82, 2.24) is 5.32 Å². The zero-order valence-corrected chi connectivity index (χ0v) is 10.7. The van der Waals surface area contributed by atoms with Crippen molar-refractivity contribution in [2.75, 3.05) is 12.3 Å². The molecule has 0 aliphatic rings. The van der Waals surface area contributed by atoms with Gasteiger partial charge in [-0.2, -0.15) is 0 Å². The summed E-state index contributed by atoms with van der Waals surface area (Å²) >= 11 is 5.82. The third-order valence-corrected chi connectivity index (χ3v) is 2.72. The lowest BCUT2D eigenvalue weighted by molar-refractivity contribution is 0.0897. The Morgan fingerprint density at radius 1 is 1.47 bits per heavy atom. The molecule has 0 radical (unpaired) electrons. The van der Waals surface area contributed by atoms with Crippen LogP contribution in [0, 0.1) is 5.92 Å². The molecular weight excluding hydrogens is 240 g/mol. The Hall–Kier alpha value is -1.26. The van der Waals surface area contributed by atoms with Gasteiger partial charge in [0.2, 0.25) is 0 Å². The third-order valence-electron chi connectivity index (χ3n) is 2.50. The second-order valence-electron chi connectivity index (χ2n) is 4.28. The molecule has 1 aromatic rings. The number of nitrogens with two attached hydrogens (primary N) is 1. The molecule has 0 bridgehead atoms. The number of rotatable bonds is 4. The van der Waals surface area contributed by atoms with Gasteiger partial charge in [-0.05, 0) is 24.1 Å². The highest BCUT2D eigenvalue weighted by atomic mass is 35.5. The summed E-state index contributed by atoms with van der Waals surface area (Å²) in [5.74, 6) is -0.132. The van der Waals surface area contributed by atoms with Crippen LogP contribution in [0.5, 0.6) is 0 Å². The number of hydrogen-bond acceptors (Lipinski definition) is 3. The second kappa shape index (κ2) is 5.89. The number of nitrogens with one attached hydrogen (secondary N) is 1. The van der Waals surface area contributed by atoms with Crippen molar-refractivity contribution in [3.05, 3.63) is 28.8 Å². The molecule has 0 heterocycles. The molecule has 0 spiro atoms. The van der Waals surface area contributed by atoms with Crippen LogP contribution in [-0.4, -0.2) is 23.7 Å². The van der Waals surface area contributed by atoms with Crippen molar-refractivity contribution in [2.24, 2.45) is 5.92 Å². The lowest BCUT2D eigenvalue weighted by Gasteiger charge is -2.20. The Labute approximate surface area is 106 Å². The van der Waals surface area contributed by atoms with Gasteiger partial charge in [-0.1, -0.05) is 25.4 Å². The first-order chi connectivity index (χ1) is 7.93. The predicted octanol–water partition coefficient (Wildman–Crippen LogP) is 1.67. The molecule has 1 unspecified atom stereocenters. The van der Waals surface area contributed by atoms with Crippen molar-refractivity contribution in [2.45, 2.75) is 19.9 Å². The van der Waals surface area contributed by atoms with Gasteiger partial charge in [0.25, 0.3) is 5.91 Å². The number of aliphatic hydroxyl groups is 1. The van der Waals surface area contributed by atoms with Crippen molar-refractivity contribution < 1.29 is 9.90 Å². The molecule has 1 aromatic carbocycles. The summed E-state index contributed by atoms with van der Waals surface area (Å²) in [5, 5.41) is 12.3. The predicted molar refractivity (Wildman–Crippen MR) is 69.0 cm³/mol. The van der Waals surface area contributed by atoms with Gasteiger partial charge in [-0.15, -0.1) is 0 Å². The molecule has 5 heteroatoms. The number of anilines is 1. The van der Waals surface area contributed by atoms with E-state index in [0.717, 1.165) is 0 Å². The van der Waals surface area contributed by atoms with E-state index < -0.39 is 0 Å². The number of aliphatic hydroxyl groups excluding tert-OH is 1. The first kappa shape index (κ1) is 13.8. The molecule has 0 aliphatic heterocycles. The summed E-state index contributed by atoms with van der Waals surface area (Å²) in [6, 6.07) is 4.39. The number of amides is 1. The van der Waals surface area contributed by atoms with Gasteiger partial charge >= 0.3 is 0 Å².